The molecule has 3 rings (SSSR count). The van der Waals surface area contributed by atoms with E-state index < -0.39 is 0 Å². The number of hydrogen-bond acceptors (Lipinski definition) is 5. The summed E-state index contributed by atoms with van der Waals surface area (Å²) in [5, 5.41) is 4.27. The highest BCUT2D eigenvalue weighted by molar-refractivity contribution is 7.16. The zero-order valence-corrected chi connectivity index (χ0v) is 15.6. The number of thiazole rings is 1. The van der Waals surface area contributed by atoms with Crippen LogP contribution in [0, 0.1) is 0 Å². The van der Waals surface area contributed by atoms with Crippen LogP contribution in [0.5, 0.6) is 11.5 Å². The van der Waals surface area contributed by atoms with E-state index in [1.807, 2.05) is 37.6 Å². The minimum absolute atomic E-state index is 0.196. The molecule has 1 aromatic carbocycles. The first kappa shape index (κ1) is 17.2. The molecule has 0 aliphatic heterocycles. The van der Waals surface area contributed by atoms with Crippen molar-refractivity contribution in [3.05, 3.63) is 34.9 Å². The van der Waals surface area contributed by atoms with E-state index in [1.54, 1.807) is 31.2 Å². The number of nitrogens with zero attached hydrogens (tertiary/aromatic N) is 4. The smallest absolute Gasteiger partial charge is 0.300 e. The second kappa shape index (κ2) is 6.72. The molecule has 132 valence electrons. The van der Waals surface area contributed by atoms with Crippen LogP contribution >= 0.6 is 11.3 Å². The Balaban J connectivity index is 2.06. The van der Waals surface area contributed by atoms with Crippen molar-refractivity contribution >= 4 is 27.5 Å². The van der Waals surface area contributed by atoms with E-state index in [2.05, 4.69) is 10.1 Å². The van der Waals surface area contributed by atoms with Gasteiger partial charge in [-0.25, -0.2) is 0 Å². The maximum atomic E-state index is 12.4. The third-order valence-corrected chi connectivity index (χ3v) is 4.96. The van der Waals surface area contributed by atoms with Crippen molar-refractivity contribution in [1.29, 1.82) is 0 Å². The van der Waals surface area contributed by atoms with Gasteiger partial charge < -0.3 is 14.0 Å². The van der Waals surface area contributed by atoms with Crippen molar-refractivity contribution in [3.63, 3.8) is 0 Å². The van der Waals surface area contributed by atoms with Crippen LogP contribution in [0.25, 0.3) is 10.2 Å². The molecule has 0 spiro atoms. The fourth-order valence-corrected chi connectivity index (χ4v) is 3.47. The third-order valence-electron chi connectivity index (χ3n) is 3.87. The van der Waals surface area contributed by atoms with Gasteiger partial charge in [-0.1, -0.05) is 11.3 Å². The van der Waals surface area contributed by atoms with Crippen LogP contribution in [0.2, 0.25) is 0 Å². The Morgan fingerprint density at radius 2 is 1.92 bits per heavy atom. The molecule has 0 bridgehead atoms. The van der Waals surface area contributed by atoms with E-state index in [4.69, 9.17) is 9.47 Å². The van der Waals surface area contributed by atoms with Gasteiger partial charge in [0.2, 0.25) is 0 Å². The number of benzene rings is 1. The van der Waals surface area contributed by atoms with E-state index >= 15 is 0 Å². The van der Waals surface area contributed by atoms with Gasteiger partial charge in [0.1, 0.15) is 0 Å². The van der Waals surface area contributed by atoms with E-state index in [1.165, 1.54) is 11.3 Å². The Hall–Kier alpha value is -2.61. The second-order valence-corrected chi connectivity index (χ2v) is 6.82. The summed E-state index contributed by atoms with van der Waals surface area (Å²) in [7, 11) is 5.05. The second-order valence-electron chi connectivity index (χ2n) is 5.81. The standard InChI is InChI=1S/C17H20N4O3S/c1-10(2)21-7-6-11(19-21)16(22)18-17-20(3)12-8-13(23-4)14(24-5)9-15(12)25-17/h6-10H,1-5H3. The number of amides is 1. The van der Waals surface area contributed by atoms with E-state index in [0.29, 0.717) is 22.0 Å². The highest BCUT2D eigenvalue weighted by Gasteiger charge is 2.13. The highest BCUT2D eigenvalue weighted by Crippen LogP contribution is 2.33. The predicted molar refractivity (Wildman–Crippen MR) is 96.4 cm³/mol. The largest absolute Gasteiger partial charge is 0.493 e. The normalized spacial score (nSPS) is 12.2. The van der Waals surface area contributed by atoms with E-state index in [-0.39, 0.29) is 11.9 Å². The number of carbonyl (C=O) groups is 1. The van der Waals surface area contributed by atoms with Gasteiger partial charge in [-0.15, -0.1) is 0 Å². The first-order valence-electron chi connectivity index (χ1n) is 7.80. The van der Waals surface area contributed by atoms with Crippen molar-refractivity contribution in [2.75, 3.05) is 14.2 Å². The number of fused-ring (bicyclic) bond motifs is 1. The van der Waals surface area contributed by atoms with Crippen molar-refractivity contribution in [2.45, 2.75) is 19.9 Å². The maximum absolute atomic E-state index is 12.4. The van der Waals surface area contributed by atoms with Gasteiger partial charge in [0.15, 0.2) is 22.0 Å². The van der Waals surface area contributed by atoms with E-state index in [0.717, 1.165) is 10.2 Å². The van der Waals surface area contributed by atoms with Crippen LogP contribution in [0.1, 0.15) is 30.4 Å². The van der Waals surface area contributed by atoms with Gasteiger partial charge >= 0.3 is 0 Å². The molecule has 0 unspecified atom stereocenters. The molecule has 1 amide bonds. The number of aryl methyl sites for hydroxylation is 1. The Labute approximate surface area is 149 Å². The number of carbonyl (C=O) groups excluding carboxylic acids is 1. The molecular formula is C17H20N4O3S. The summed E-state index contributed by atoms with van der Waals surface area (Å²) in [6.07, 6.45) is 1.79. The predicted octanol–water partition coefficient (Wildman–Crippen LogP) is 2.78. The molecule has 2 heterocycles. The summed E-state index contributed by atoms with van der Waals surface area (Å²) >= 11 is 1.41. The first-order chi connectivity index (χ1) is 11.9. The van der Waals surface area contributed by atoms with Crippen LogP contribution in [0.15, 0.2) is 29.4 Å². The molecule has 2 aromatic heterocycles. The summed E-state index contributed by atoms with van der Waals surface area (Å²) < 4.78 is 15.2. The highest BCUT2D eigenvalue weighted by atomic mass is 32.1. The molecular weight excluding hydrogens is 340 g/mol. The SMILES string of the molecule is COc1cc2sc(=NC(=O)c3ccn(C(C)C)n3)n(C)c2cc1OC. The molecule has 7 nitrogen and oxygen atoms in total. The Morgan fingerprint density at radius 3 is 2.52 bits per heavy atom. The Morgan fingerprint density at radius 1 is 1.24 bits per heavy atom. The van der Waals surface area contributed by atoms with Crippen molar-refractivity contribution in [3.8, 4) is 11.5 Å². The fraction of sp³-hybridized carbons (Fsp3) is 0.353. The zero-order chi connectivity index (χ0) is 18.1. The molecule has 3 aromatic rings. The summed E-state index contributed by atoms with van der Waals surface area (Å²) in [5.41, 5.74) is 1.25. The van der Waals surface area contributed by atoms with E-state index in [9.17, 15) is 4.79 Å². The van der Waals surface area contributed by atoms with Gasteiger partial charge in [0.05, 0.1) is 24.4 Å². The fourth-order valence-electron chi connectivity index (χ4n) is 2.44. The van der Waals surface area contributed by atoms with Gasteiger partial charge in [-0.2, -0.15) is 10.1 Å². The van der Waals surface area contributed by atoms with Crippen LogP contribution in [0.3, 0.4) is 0 Å². The lowest BCUT2D eigenvalue weighted by Crippen LogP contribution is -2.14. The maximum Gasteiger partial charge on any atom is 0.300 e. The lowest BCUT2D eigenvalue weighted by Gasteiger charge is -2.07. The summed E-state index contributed by atoms with van der Waals surface area (Å²) in [6.45, 7) is 4.01. The number of rotatable bonds is 4. The number of aromatic nitrogens is 3. The van der Waals surface area contributed by atoms with Crippen LogP contribution in [-0.2, 0) is 7.05 Å². The first-order valence-corrected chi connectivity index (χ1v) is 8.62. The minimum atomic E-state index is -0.361. The van der Waals surface area contributed by atoms with Gasteiger partial charge in [-0.3, -0.25) is 9.48 Å². The average Bonchev–Trinajstić information content (AvgIpc) is 3.20. The minimum Gasteiger partial charge on any atom is -0.493 e. The number of hydrogen-bond donors (Lipinski definition) is 0. The zero-order valence-electron chi connectivity index (χ0n) is 14.8. The molecule has 0 fully saturated rings. The molecule has 0 radical (unpaired) electrons. The molecule has 25 heavy (non-hydrogen) atoms. The van der Waals surface area contributed by atoms with Gasteiger partial charge in [-0.05, 0) is 19.9 Å². The number of methoxy groups -OCH3 is 2. The summed E-state index contributed by atoms with van der Waals surface area (Å²) in [4.78, 5) is 17.3. The van der Waals surface area contributed by atoms with Gasteiger partial charge in [0.25, 0.3) is 5.91 Å². The molecule has 0 saturated heterocycles. The number of ether oxygens (including phenoxy) is 2. The van der Waals surface area contributed by atoms with Crippen LogP contribution in [0.4, 0.5) is 0 Å². The van der Waals surface area contributed by atoms with Crippen molar-refractivity contribution in [2.24, 2.45) is 12.0 Å². The Bertz CT molecular complexity index is 997. The van der Waals surface area contributed by atoms with Crippen molar-refractivity contribution < 1.29 is 14.3 Å². The topological polar surface area (TPSA) is 70.6 Å². The van der Waals surface area contributed by atoms with Gasteiger partial charge in [0, 0.05) is 31.4 Å². The molecule has 0 aliphatic rings. The lowest BCUT2D eigenvalue weighted by atomic mass is 10.3. The Kier molecular flexibility index (Phi) is 4.63. The summed E-state index contributed by atoms with van der Waals surface area (Å²) in [6, 6.07) is 5.64. The third kappa shape index (κ3) is 3.17. The van der Waals surface area contributed by atoms with Crippen LogP contribution < -0.4 is 14.3 Å². The average molecular weight is 360 g/mol. The molecule has 8 heteroatoms. The van der Waals surface area contributed by atoms with Crippen LogP contribution in [-0.4, -0.2) is 34.5 Å². The molecule has 0 N–H and O–H groups in total. The molecule has 0 saturated carbocycles. The molecule has 0 atom stereocenters. The molecule has 0 aliphatic carbocycles. The summed E-state index contributed by atoms with van der Waals surface area (Å²) in [5.74, 6) is 0.919. The van der Waals surface area contributed by atoms with Crippen molar-refractivity contribution in [1.82, 2.24) is 14.3 Å². The lowest BCUT2D eigenvalue weighted by molar-refractivity contribution is 0.0992. The quantitative estimate of drug-likeness (QED) is 0.717. The monoisotopic (exact) mass is 360 g/mol.